The van der Waals surface area contributed by atoms with E-state index >= 15 is 0 Å². The van der Waals surface area contributed by atoms with Gasteiger partial charge in [-0.25, -0.2) is 0 Å². The molecule has 0 saturated carbocycles. The molecule has 1 aromatic rings. The quantitative estimate of drug-likeness (QED) is 0.690. The van der Waals surface area contributed by atoms with Crippen molar-refractivity contribution in [3.63, 3.8) is 0 Å². The van der Waals surface area contributed by atoms with Crippen molar-refractivity contribution in [2.45, 2.75) is 33.1 Å². The first-order valence-electron chi connectivity index (χ1n) is 4.73. The monoisotopic (exact) mass is 205 g/mol. The molecule has 1 heterocycles. The molecule has 0 unspecified atom stereocenters. The fourth-order valence-electron chi connectivity index (χ4n) is 1.33. The second kappa shape index (κ2) is 4.06. The molecule has 6 heteroatoms. The van der Waals surface area contributed by atoms with Crippen LogP contribution in [0.25, 0.3) is 0 Å². The van der Waals surface area contributed by atoms with Gasteiger partial charge in [0, 0.05) is 12.1 Å². The predicted molar refractivity (Wildman–Crippen MR) is 50.1 cm³/mol. The lowest BCUT2D eigenvalue weighted by Crippen LogP contribution is -2.26. The van der Waals surface area contributed by atoms with Gasteiger partial charge in [-0.3, -0.25) is 4.68 Å². The van der Waals surface area contributed by atoms with Gasteiger partial charge >= 0.3 is 6.98 Å². The maximum atomic E-state index is 12.2. The lowest BCUT2D eigenvalue weighted by atomic mass is 9.92. The minimum absolute atomic E-state index is 0.582. The van der Waals surface area contributed by atoms with E-state index in [1.165, 1.54) is 0 Å². The van der Waals surface area contributed by atoms with E-state index in [0.29, 0.717) is 18.5 Å². The van der Waals surface area contributed by atoms with E-state index in [1.807, 2.05) is 13.8 Å². The predicted octanol–water partition coefficient (Wildman–Crippen LogP) is 2.39. The van der Waals surface area contributed by atoms with Crippen LogP contribution in [0.2, 0.25) is 0 Å². The third-order valence-electron chi connectivity index (χ3n) is 2.02. The molecule has 0 aliphatic heterocycles. The van der Waals surface area contributed by atoms with Gasteiger partial charge in [0.1, 0.15) is 0 Å². The maximum absolute atomic E-state index is 12.2. The van der Waals surface area contributed by atoms with Crippen LogP contribution in [0.3, 0.4) is 0 Å². The molecule has 0 spiro atoms. The molecule has 0 N–H and O–H groups in total. The van der Waals surface area contributed by atoms with Crippen LogP contribution in [-0.4, -0.2) is 16.8 Å². The zero-order chi connectivity index (χ0) is 10.8. The van der Waals surface area contributed by atoms with Crippen molar-refractivity contribution in [1.29, 1.82) is 0 Å². The van der Waals surface area contributed by atoms with Crippen molar-refractivity contribution < 1.29 is 12.9 Å². The van der Waals surface area contributed by atoms with Crippen LogP contribution < -0.4 is 0 Å². The highest BCUT2D eigenvalue weighted by Crippen LogP contribution is 2.14. The summed E-state index contributed by atoms with van der Waals surface area (Å²) in [6.07, 6.45) is 0.327. The van der Waals surface area contributed by atoms with Crippen LogP contribution in [0.5, 0.6) is 0 Å². The maximum Gasteiger partial charge on any atom is 0.499 e. The molecule has 0 saturated heterocycles. The number of hydrogen-bond acceptors (Lipinski definition) is 1. The van der Waals surface area contributed by atoms with Gasteiger partial charge in [0.05, 0.1) is 5.69 Å². The Morgan fingerprint density at radius 2 is 1.93 bits per heavy atom. The topological polar surface area (TPSA) is 17.8 Å². The van der Waals surface area contributed by atoms with Gasteiger partial charge in [0.15, 0.2) is 0 Å². The molecule has 0 aliphatic rings. The Bertz CT molecular complexity index is 306. The minimum Gasteiger partial charge on any atom is -0.448 e. The van der Waals surface area contributed by atoms with E-state index in [4.69, 9.17) is 0 Å². The molecule has 1 aromatic heterocycles. The summed E-state index contributed by atoms with van der Waals surface area (Å²) < 4.78 is 37.6. The van der Waals surface area contributed by atoms with E-state index in [-0.39, 0.29) is 0 Å². The number of nitrogens with zero attached hydrogens (tertiary/aromatic N) is 2. The zero-order valence-corrected chi connectivity index (χ0v) is 8.30. The van der Waals surface area contributed by atoms with Crippen LogP contribution >= 0.6 is 0 Å². The van der Waals surface area contributed by atoms with Gasteiger partial charge in [-0.15, -0.1) is 0 Å². The van der Waals surface area contributed by atoms with Gasteiger partial charge < -0.3 is 12.9 Å². The first kappa shape index (κ1) is 11.1. The summed E-state index contributed by atoms with van der Waals surface area (Å²) in [6.45, 7) is -1.09. The Balaban J connectivity index is 2.89. The van der Waals surface area contributed by atoms with Crippen molar-refractivity contribution in [1.82, 2.24) is 9.78 Å². The van der Waals surface area contributed by atoms with Crippen LogP contribution in [0.4, 0.5) is 12.9 Å². The summed E-state index contributed by atoms with van der Waals surface area (Å²) in [4.78, 5) is 0. The van der Waals surface area contributed by atoms with Gasteiger partial charge in [-0.05, 0) is 18.9 Å². The Hall–Kier alpha value is -0.935. The van der Waals surface area contributed by atoms with Gasteiger partial charge in [0.25, 0.3) is 0 Å². The number of aromatic nitrogens is 2. The standard InChI is InChI=1S/C8H13BF3N2/c1-3-7-5-8(4-2)14(13-7)6-9(10,11)12/h5H,3-4,6H2,1-2H3/q-1. The van der Waals surface area contributed by atoms with Crippen molar-refractivity contribution in [2.75, 3.05) is 0 Å². The van der Waals surface area contributed by atoms with Crippen LogP contribution in [-0.2, 0) is 19.3 Å². The summed E-state index contributed by atoms with van der Waals surface area (Å²) in [5.41, 5.74) is 1.38. The van der Waals surface area contributed by atoms with E-state index in [1.54, 1.807) is 6.07 Å². The molecule has 0 aliphatic carbocycles. The van der Waals surface area contributed by atoms with Crippen LogP contribution in [0.1, 0.15) is 25.2 Å². The highest BCUT2D eigenvalue weighted by molar-refractivity contribution is 6.57. The Morgan fingerprint density at radius 3 is 2.36 bits per heavy atom. The molecule has 0 radical (unpaired) electrons. The third kappa shape index (κ3) is 2.78. The minimum atomic E-state index is -4.80. The summed E-state index contributed by atoms with van der Waals surface area (Å²) in [5, 5.41) is 3.90. The van der Waals surface area contributed by atoms with E-state index in [0.717, 1.165) is 10.4 Å². The molecule has 0 fully saturated rings. The van der Waals surface area contributed by atoms with Gasteiger partial charge in [0.2, 0.25) is 0 Å². The molecule has 1 rings (SSSR count). The highest BCUT2D eigenvalue weighted by Gasteiger charge is 2.25. The first-order valence-corrected chi connectivity index (χ1v) is 4.73. The van der Waals surface area contributed by atoms with Gasteiger partial charge in [-0.1, -0.05) is 13.8 Å². The van der Waals surface area contributed by atoms with Crippen molar-refractivity contribution in [3.8, 4) is 0 Å². The van der Waals surface area contributed by atoms with E-state index in [9.17, 15) is 12.9 Å². The SMILES string of the molecule is CCc1cc(CC)n(C[B-](F)(F)F)n1. The lowest BCUT2D eigenvalue weighted by Gasteiger charge is -2.15. The van der Waals surface area contributed by atoms with Crippen molar-refractivity contribution >= 4 is 6.98 Å². The number of halogens is 3. The summed E-state index contributed by atoms with van der Waals surface area (Å²) in [6, 6.07) is 1.74. The molecular weight excluding hydrogens is 192 g/mol. The lowest BCUT2D eigenvalue weighted by molar-refractivity contribution is 0.431. The zero-order valence-electron chi connectivity index (χ0n) is 8.30. The van der Waals surface area contributed by atoms with Crippen LogP contribution in [0, 0.1) is 0 Å². The Kier molecular flexibility index (Phi) is 3.23. The van der Waals surface area contributed by atoms with E-state index in [2.05, 4.69) is 5.10 Å². The highest BCUT2D eigenvalue weighted by atomic mass is 19.4. The summed E-state index contributed by atoms with van der Waals surface area (Å²) in [5.74, 6) is 0. The average Bonchev–Trinajstić information content (AvgIpc) is 2.44. The largest absolute Gasteiger partial charge is 0.499 e. The molecule has 0 bridgehead atoms. The Labute approximate surface area is 81.2 Å². The summed E-state index contributed by atoms with van der Waals surface area (Å²) in [7, 11) is 0. The van der Waals surface area contributed by atoms with Crippen molar-refractivity contribution in [2.24, 2.45) is 0 Å². The number of aryl methyl sites for hydroxylation is 2. The molecule has 80 valence electrons. The average molecular weight is 205 g/mol. The second-order valence-corrected chi connectivity index (χ2v) is 3.23. The summed E-state index contributed by atoms with van der Waals surface area (Å²) >= 11 is 0. The first-order chi connectivity index (χ1) is 6.46. The number of hydrogen-bond donors (Lipinski definition) is 0. The molecule has 0 amide bonds. The second-order valence-electron chi connectivity index (χ2n) is 3.23. The van der Waals surface area contributed by atoms with E-state index < -0.39 is 13.4 Å². The molecule has 0 atom stereocenters. The fraction of sp³-hybridized carbons (Fsp3) is 0.625. The third-order valence-corrected chi connectivity index (χ3v) is 2.02. The normalized spacial score (nSPS) is 12.1. The van der Waals surface area contributed by atoms with Crippen molar-refractivity contribution in [3.05, 3.63) is 17.5 Å². The molecule has 2 nitrogen and oxygen atoms in total. The number of rotatable bonds is 4. The smallest absolute Gasteiger partial charge is 0.448 e. The fourth-order valence-corrected chi connectivity index (χ4v) is 1.33. The van der Waals surface area contributed by atoms with Gasteiger partial charge in [-0.2, -0.15) is 5.10 Å². The molecular formula is C8H13BF3N2-. The molecule has 14 heavy (non-hydrogen) atoms. The van der Waals surface area contributed by atoms with Crippen LogP contribution in [0.15, 0.2) is 6.07 Å². The Morgan fingerprint density at radius 1 is 1.29 bits per heavy atom. The molecule has 0 aromatic carbocycles.